The van der Waals surface area contributed by atoms with Crippen LogP contribution in [0.4, 0.5) is 19.3 Å². The van der Waals surface area contributed by atoms with Crippen molar-refractivity contribution in [3.63, 3.8) is 0 Å². The molecule has 0 saturated carbocycles. The Hall–Kier alpha value is -2.01. The molecule has 0 aromatic heterocycles. The van der Waals surface area contributed by atoms with Gasteiger partial charge in [-0.2, -0.15) is 13.5 Å². The van der Waals surface area contributed by atoms with E-state index in [1.54, 1.807) is 0 Å². The number of urea groups is 1. The third kappa shape index (κ3) is 4.41. The lowest BCUT2D eigenvalue weighted by atomic mass is 9.98. The van der Waals surface area contributed by atoms with Crippen LogP contribution in [0.25, 0.3) is 0 Å². The lowest BCUT2D eigenvalue weighted by Crippen LogP contribution is -2.21. The van der Waals surface area contributed by atoms with Crippen molar-refractivity contribution in [3.8, 4) is 0 Å². The Morgan fingerprint density at radius 3 is 2.12 bits per heavy atom. The normalized spacial score (nSPS) is 16.6. The van der Waals surface area contributed by atoms with Crippen LogP contribution >= 0.6 is 13.5 Å². The van der Waals surface area contributed by atoms with Crippen LogP contribution < -0.4 is 10.5 Å². The second-order valence-corrected chi connectivity index (χ2v) is 10.4. The number of halogens is 2. The van der Waals surface area contributed by atoms with E-state index in [-0.39, 0.29) is 24.9 Å². The summed E-state index contributed by atoms with van der Waals surface area (Å²) < 4.78 is 45.8. The fraction of sp³-hybridized carbons (Fsp3) is 0.409. The van der Waals surface area contributed by atoms with Crippen LogP contribution in [-0.2, 0) is 41.2 Å². The molecule has 0 aliphatic heterocycles. The number of hydrogen-bond acceptors (Lipinski definition) is 3. The number of anilines is 1. The predicted octanol–water partition coefficient (Wildman–Crippen LogP) is 4.22. The van der Waals surface area contributed by atoms with Crippen molar-refractivity contribution in [1.29, 1.82) is 0 Å². The molecule has 0 bridgehead atoms. The molecule has 174 valence electrons. The number of nitrogens with one attached hydrogen (secondary N) is 1. The maximum absolute atomic E-state index is 14.8. The van der Waals surface area contributed by atoms with Crippen molar-refractivity contribution in [2.24, 2.45) is 9.50 Å². The molecule has 4 N–H and O–H groups in total. The van der Waals surface area contributed by atoms with Gasteiger partial charge >= 0.3 is 6.03 Å². The molecule has 2 aliphatic carbocycles. The summed E-state index contributed by atoms with van der Waals surface area (Å²) in [5.74, 6) is -1.10. The summed E-state index contributed by atoms with van der Waals surface area (Å²) in [4.78, 5) is 12.2. The molecule has 2 aliphatic rings. The topological polar surface area (TPSA) is 105 Å². The van der Waals surface area contributed by atoms with Gasteiger partial charge in [-0.05, 0) is 92.3 Å². The van der Waals surface area contributed by atoms with Crippen LogP contribution in [0, 0.1) is 11.6 Å². The Kier molecular flexibility index (Phi) is 6.72. The molecular formula is C22H27F2N3O3S2. The number of hydrogen-bond donors (Lipinski definition) is 3. The zero-order valence-corrected chi connectivity index (χ0v) is 19.7. The Labute approximate surface area is 193 Å². The van der Waals surface area contributed by atoms with Crippen molar-refractivity contribution >= 4 is 35.1 Å². The van der Waals surface area contributed by atoms with Gasteiger partial charge in [-0.25, -0.2) is 22.9 Å². The molecule has 0 spiro atoms. The Morgan fingerprint density at radius 2 is 1.62 bits per heavy atom. The summed E-state index contributed by atoms with van der Waals surface area (Å²) in [6.07, 6.45) is 4.09. The molecule has 2 amide bonds. The number of fused-ring (bicyclic) bond motifs is 2. The summed E-state index contributed by atoms with van der Waals surface area (Å²) in [6, 6.07) is 2.61. The van der Waals surface area contributed by atoms with Crippen LogP contribution in [0.2, 0.25) is 0 Å². The minimum Gasteiger partial charge on any atom is -0.386 e. The average Bonchev–Trinajstić information content (AvgIpc) is 3.33. The lowest BCUT2D eigenvalue weighted by molar-refractivity contribution is 0.0781. The minimum absolute atomic E-state index is 0. The SMILES string of the molecule is CC(C)(O)c1ccc(S(N)(=O)=NC(=O)Nc2c3c(c(F)c4c2CCC4)CCC3)c(F)c1.S. The molecule has 1 atom stereocenters. The monoisotopic (exact) mass is 483 g/mol. The molecule has 0 saturated heterocycles. The first-order valence-corrected chi connectivity index (χ1v) is 11.8. The van der Waals surface area contributed by atoms with Crippen molar-refractivity contribution in [1.82, 2.24) is 0 Å². The van der Waals surface area contributed by atoms with E-state index < -0.39 is 32.3 Å². The third-order valence-electron chi connectivity index (χ3n) is 5.97. The summed E-state index contributed by atoms with van der Waals surface area (Å²) >= 11 is 0. The summed E-state index contributed by atoms with van der Waals surface area (Å²) in [5.41, 5.74) is 2.26. The molecule has 32 heavy (non-hydrogen) atoms. The van der Waals surface area contributed by atoms with Gasteiger partial charge in [0.05, 0.1) is 10.5 Å². The van der Waals surface area contributed by atoms with Crippen molar-refractivity contribution in [2.75, 3.05) is 5.32 Å². The van der Waals surface area contributed by atoms with E-state index in [1.165, 1.54) is 19.9 Å². The van der Waals surface area contributed by atoms with Gasteiger partial charge in [-0.1, -0.05) is 6.07 Å². The van der Waals surface area contributed by atoms with Gasteiger partial charge in [0.15, 0.2) is 0 Å². The summed E-state index contributed by atoms with van der Waals surface area (Å²) in [6.45, 7) is 2.97. The fourth-order valence-corrected chi connectivity index (χ4v) is 5.45. The van der Waals surface area contributed by atoms with Gasteiger partial charge in [-0.15, -0.1) is 4.36 Å². The second kappa shape index (κ2) is 8.74. The van der Waals surface area contributed by atoms with E-state index in [9.17, 15) is 22.9 Å². The maximum atomic E-state index is 14.8. The molecule has 2 aromatic rings. The van der Waals surface area contributed by atoms with Crippen LogP contribution in [0.3, 0.4) is 0 Å². The molecule has 1 unspecified atom stereocenters. The van der Waals surface area contributed by atoms with Gasteiger partial charge in [0.2, 0.25) is 0 Å². The molecule has 0 radical (unpaired) electrons. The van der Waals surface area contributed by atoms with E-state index in [0.29, 0.717) is 42.5 Å². The number of benzene rings is 2. The molecule has 2 aromatic carbocycles. The first-order chi connectivity index (χ1) is 14.5. The van der Waals surface area contributed by atoms with Crippen LogP contribution in [0.5, 0.6) is 0 Å². The quantitative estimate of drug-likeness (QED) is 0.609. The molecule has 10 heteroatoms. The number of nitrogens with two attached hydrogens (primary N) is 1. The number of amides is 2. The average molecular weight is 484 g/mol. The van der Waals surface area contributed by atoms with Crippen molar-refractivity contribution in [3.05, 3.63) is 57.7 Å². The zero-order valence-electron chi connectivity index (χ0n) is 17.9. The number of carbonyl (C=O) groups excluding carboxylic acids is 1. The van der Waals surface area contributed by atoms with Gasteiger partial charge in [0.1, 0.15) is 21.5 Å². The van der Waals surface area contributed by atoms with E-state index >= 15 is 0 Å². The molecule has 4 rings (SSSR count). The first-order valence-electron chi connectivity index (χ1n) is 10.2. The van der Waals surface area contributed by atoms with E-state index in [2.05, 4.69) is 9.68 Å². The molecule has 0 fully saturated rings. The van der Waals surface area contributed by atoms with Crippen molar-refractivity contribution in [2.45, 2.75) is 62.9 Å². The van der Waals surface area contributed by atoms with Crippen LogP contribution in [-0.4, -0.2) is 15.3 Å². The van der Waals surface area contributed by atoms with Gasteiger partial charge < -0.3 is 10.4 Å². The predicted molar refractivity (Wildman–Crippen MR) is 125 cm³/mol. The molecule has 6 nitrogen and oxygen atoms in total. The zero-order chi connectivity index (χ0) is 22.6. The van der Waals surface area contributed by atoms with Gasteiger partial charge in [0.25, 0.3) is 0 Å². The highest BCUT2D eigenvalue weighted by Crippen LogP contribution is 2.41. The number of carbonyl (C=O) groups is 1. The van der Waals surface area contributed by atoms with E-state index in [1.807, 2.05) is 0 Å². The van der Waals surface area contributed by atoms with Gasteiger partial charge in [0, 0.05) is 5.69 Å². The number of aliphatic hydroxyl groups is 1. The van der Waals surface area contributed by atoms with E-state index in [0.717, 1.165) is 36.1 Å². The summed E-state index contributed by atoms with van der Waals surface area (Å²) in [5, 5.41) is 18.4. The number of nitrogens with zero attached hydrogens (tertiary/aromatic N) is 1. The Balaban J connectivity index is 0.00000289. The third-order valence-corrected chi connectivity index (χ3v) is 7.37. The summed E-state index contributed by atoms with van der Waals surface area (Å²) in [7, 11) is -3.88. The Bertz CT molecular complexity index is 1180. The molecule has 0 heterocycles. The standard InChI is InChI=1S/C22H25F2N3O3S.H2S/c1-22(2,29)12-9-10-18(17(23)11-12)31(25,30)27-21(28)26-20-15-7-3-5-13(15)19(24)14-6-4-8-16(14)20;/h9-11,29H,3-8H2,1-2H3,(H3,25,26,27,28,30);1H2. The highest BCUT2D eigenvalue weighted by molar-refractivity contribution is 7.91. The molecular weight excluding hydrogens is 456 g/mol. The highest BCUT2D eigenvalue weighted by atomic mass is 32.2. The highest BCUT2D eigenvalue weighted by Gasteiger charge is 2.30. The first kappa shape index (κ1) is 24.6. The number of rotatable bonds is 3. The maximum Gasteiger partial charge on any atom is 0.354 e. The largest absolute Gasteiger partial charge is 0.386 e. The van der Waals surface area contributed by atoms with E-state index in [4.69, 9.17) is 5.14 Å². The second-order valence-electron chi connectivity index (χ2n) is 8.60. The van der Waals surface area contributed by atoms with Gasteiger partial charge in [-0.3, -0.25) is 0 Å². The van der Waals surface area contributed by atoms with Crippen LogP contribution in [0.15, 0.2) is 27.5 Å². The minimum atomic E-state index is -3.88. The smallest absolute Gasteiger partial charge is 0.354 e. The fourth-order valence-electron chi connectivity index (χ4n) is 4.46. The van der Waals surface area contributed by atoms with Crippen molar-refractivity contribution < 1.29 is 22.9 Å². The Morgan fingerprint density at radius 1 is 1.09 bits per heavy atom. The van der Waals surface area contributed by atoms with Crippen LogP contribution in [0.1, 0.15) is 54.5 Å². The lowest BCUT2D eigenvalue weighted by Gasteiger charge is -2.18.